The molecule has 0 aliphatic heterocycles. The molecule has 0 fully saturated rings. The Morgan fingerprint density at radius 2 is 2.07 bits per heavy atom. The maximum Gasteiger partial charge on any atom is 0.298 e. The summed E-state index contributed by atoms with van der Waals surface area (Å²) in [5, 5.41) is 8.74. The van der Waals surface area contributed by atoms with E-state index >= 15 is 0 Å². The molecule has 0 bridgehead atoms. The Morgan fingerprint density at radius 3 is 2.57 bits per heavy atom. The quantitative estimate of drug-likeness (QED) is 0.653. The van der Waals surface area contributed by atoms with Crippen LogP contribution < -0.4 is 10.5 Å². The summed E-state index contributed by atoms with van der Waals surface area (Å²) in [7, 11) is 0. The fourth-order valence-electron chi connectivity index (χ4n) is 1.13. The zero-order valence-electron chi connectivity index (χ0n) is 7.72. The van der Waals surface area contributed by atoms with Crippen LogP contribution in [0.3, 0.4) is 0 Å². The zero-order valence-corrected chi connectivity index (χ0v) is 7.72. The van der Waals surface area contributed by atoms with Crippen LogP contribution in [0.4, 0.5) is 0 Å². The van der Waals surface area contributed by atoms with Crippen molar-refractivity contribution in [1.29, 1.82) is 0 Å². The van der Waals surface area contributed by atoms with E-state index in [2.05, 4.69) is 4.74 Å². The summed E-state index contributed by atoms with van der Waals surface area (Å²) in [4.78, 5) is 10.0. The standard InChI is InChI=1S/C10H13NO3/c11-9(6-12)5-8-1-3-10(4-2-8)14-7-13/h1-4,7,9,12H,5-6,11H2. The summed E-state index contributed by atoms with van der Waals surface area (Å²) in [5.41, 5.74) is 6.57. The zero-order chi connectivity index (χ0) is 10.4. The molecule has 0 aliphatic rings. The highest BCUT2D eigenvalue weighted by atomic mass is 16.5. The van der Waals surface area contributed by atoms with Crippen LogP contribution in [-0.2, 0) is 11.2 Å². The first-order valence-corrected chi connectivity index (χ1v) is 4.32. The monoisotopic (exact) mass is 195 g/mol. The summed E-state index contributed by atoms with van der Waals surface area (Å²) < 4.78 is 4.63. The third kappa shape index (κ3) is 3.16. The molecular weight excluding hydrogens is 182 g/mol. The van der Waals surface area contributed by atoms with E-state index in [9.17, 15) is 4.79 Å². The van der Waals surface area contributed by atoms with E-state index in [-0.39, 0.29) is 12.6 Å². The van der Waals surface area contributed by atoms with Crippen molar-refractivity contribution in [2.24, 2.45) is 5.73 Å². The number of carbonyl (C=O) groups excluding carboxylic acids is 1. The van der Waals surface area contributed by atoms with E-state index in [0.29, 0.717) is 18.6 Å². The minimum atomic E-state index is -0.243. The van der Waals surface area contributed by atoms with E-state index in [4.69, 9.17) is 10.8 Å². The van der Waals surface area contributed by atoms with Crippen LogP contribution in [0, 0.1) is 0 Å². The predicted molar refractivity (Wildman–Crippen MR) is 51.9 cm³/mol. The van der Waals surface area contributed by atoms with E-state index in [0.717, 1.165) is 5.56 Å². The van der Waals surface area contributed by atoms with Gasteiger partial charge in [-0.15, -0.1) is 0 Å². The topological polar surface area (TPSA) is 72.6 Å². The molecule has 76 valence electrons. The summed E-state index contributed by atoms with van der Waals surface area (Å²) in [6.45, 7) is 0.348. The van der Waals surface area contributed by atoms with Gasteiger partial charge in [0.1, 0.15) is 5.75 Å². The predicted octanol–water partition coefficient (Wildman–Crippen LogP) is 0.0839. The Hall–Kier alpha value is -1.39. The Balaban J connectivity index is 2.59. The van der Waals surface area contributed by atoms with Crippen molar-refractivity contribution < 1.29 is 14.6 Å². The summed E-state index contributed by atoms with van der Waals surface area (Å²) in [6, 6.07) is 6.76. The first-order chi connectivity index (χ1) is 6.76. The van der Waals surface area contributed by atoms with Gasteiger partial charge in [0.15, 0.2) is 0 Å². The van der Waals surface area contributed by atoms with E-state index in [1.807, 2.05) is 12.1 Å². The average molecular weight is 195 g/mol. The molecule has 0 saturated carbocycles. The number of benzene rings is 1. The molecule has 0 saturated heterocycles. The van der Waals surface area contributed by atoms with E-state index in [1.54, 1.807) is 12.1 Å². The van der Waals surface area contributed by atoms with Gasteiger partial charge in [-0.3, -0.25) is 4.79 Å². The fourth-order valence-corrected chi connectivity index (χ4v) is 1.13. The lowest BCUT2D eigenvalue weighted by molar-refractivity contribution is -0.120. The molecule has 1 aromatic carbocycles. The smallest absolute Gasteiger partial charge is 0.298 e. The number of aliphatic hydroxyl groups excluding tert-OH is 1. The third-order valence-electron chi connectivity index (χ3n) is 1.84. The van der Waals surface area contributed by atoms with Crippen molar-refractivity contribution in [1.82, 2.24) is 0 Å². The van der Waals surface area contributed by atoms with Crippen LogP contribution >= 0.6 is 0 Å². The molecule has 1 unspecified atom stereocenters. The van der Waals surface area contributed by atoms with Crippen molar-refractivity contribution in [2.75, 3.05) is 6.61 Å². The molecule has 0 aliphatic carbocycles. The van der Waals surface area contributed by atoms with Crippen LogP contribution in [0.15, 0.2) is 24.3 Å². The van der Waals surface area contributed by atoms with Gasteiger partial charge >= 0.3 is 0 Å². The number of hydrogen-bond donors (Lipinski definition) is 2. The van der Waals surface area contributed by atoms with Gasteiger partial charge in [-0.05, 0) is 24.1 Å². The molecule has 0 aromatic heterocycles. The van der Waals surface area contributed by atoms with Gasteiger partial charge in [0, 0.05) is 6.04 Å². The van der Waals surface area contributed by atoms with Crippen molar-refractivity contribution in [3.8, 4) is 5.75 Å². The van der Waals surface area contributed by atoms with Crippen molar-refractivity contribution >= 4 is 6.47 Å². The molecule has 1 rings (SSSR count). The minimum Gasteiger partial charge on any atom is -0.429 e. The summed E-state index contributed by atoms with van der Waals surface area (Å²) in [6.07, 6.45) is 0.609. The highest BCUT2D eigenvalue weighted by Crippen LogP contribution is 2.12. The number of nitrogens with two attached hydrogens (primary N) is 1. The Bertz CT molecular complexity index is 284. The van der Waals surface area contributed by atoms with Gasteiger partial charge in [0.25, 0.3) is 6.47 Å². The highest BCUT2D eigenvalue weighted by molar-refractivity contribution is 5.45. The average Bonchev–Trinajstić information content (AvgIpc) is 2.21. The molecule has 0 spiro atoms. The Kier molecular flexibility index (Phi) is 4.10. The molecule has 4 heteroatoms. The second-order valence-corrected chi connectivity index (χ2v) is 3.00. The summed E-state index contributed by atoms with van der Waals surface area (Å²) >= 11 is 0. The van der Waals surface area contributed by atoms with Gasteiger partial charge in [0.2, 0.25) is 0 Å². The van der Waals surface area contributed by atoms with Crippen LogP contribution in [0.25, 0.3) is 0 Å². The number of aliphatic hydroxyl groups is 1. The number of hydrogen-bond acceptors (Lipinski definition) is 4. The number of carbonyl (C=O) groups is 1. The van der Waals surface area contributed by atoms with Crippen LogP contribution in [0.2, 0.25) is 0 Å². The largest absolute Gasteiger partial charge is 0.429 e. The molecule has 0 heterocycles. The molecule has 0 amide bonds. The first kappa shape index (κ1) is 10.7. The fraction of sp³-hybridized carbons (Fsp3) is 0.300. The van der Waals surface area contributed by atoms with Gasteiger partial charge < -0.3 is 15.6 Å². The van der Waals surface area contributed by atoms with Crippen LogP contribution in [0.5, 0.6) is 5.75 Å². The lowest BCUT2D eigenvalue weighted by atomic mass is 10.1. The molecule has 0 radical (unpaired) electrons. The van der Waals surface area contributed by atoms with E-state index in [1.165, 1.54) is 0 Å². The van der Waals surface area contributed by atoms with Crippen molar-refractivity contribution in [3.63, 3.8) is 0 Å². The molecule has 3 N–H and O–H groups in total. The number of ether oxygens (including phenoxy) is 1. The second-order valence-electron chi connectivity index (χ2n) is 3.00. The maximum absolute atomic E-state index is 10.0. The maximum atomic E-state index is 10.0. The number of rotatable bonds is 5. The highest BCUT2D eigenvalue weighted by Gasteiger charge is 2.02. The Labute approximate surface area is 82.3 Å². The van der Waals surface area contributed by atoms with E-state index < -0.39 is 0 Å². The Morgan fingerprint density at radius 1 is 1.43 bits per heavy atom. The normalized spacial score (nSPS) is 12.1. The molecule has 1 atom stereocenters. The van der Waals surface area contributed by atoms with Crippen molar-refractivity contribution in [2.45, 2.75) is 12.5 Å². The van der Waals surface area contributed by atoms with Gasteiger partial charge in [0.05, 0.1) is 6.61 Å². The molecular formula is C10H13NO3. The van der Waals surface area contributed by atoms with Gasteiger partial charge in [-0.25, -0.2) is 0 Å². The SMILES string of the molecule is NC(CO)Cc1ccc(OC=O)cc1. The third-order valence-corrected chi connectivity index (χ3v) is 1.84. The second kappa shape index (κ2) is 5.36. The first-order valence-electron chi connectivity index (χ1n) is 4.32. The molecule has 1 aromatic rings. The van der Waals surface area contributed by atoms with Gasteiger partial charge in [-0.1, -0.05) is 12.1 Å². The van der Waals surface area contributed by atoms with Gasteiger partial charge in [-0.2, -0.15) is 0 Å². The lowest BCUT2D eigenvalue weighted by Crippen LogP contribution is -2.26. The molecule has 4 nitrogen and oxygen atoms in total. The van der Waals surface area contributed by atoms with Crippen LogP contribution in [-0.4, -0.2) is 24.2 Å². The summed E-state index contributed by atoms with van der Waals surface area (Å²) in [5.74, 6) is 0.501. The lowest BCUT2D eigenvalue weighted by Gasteiger charge is -2.07. The molecule has 14 heavy (non-hydrogen) atoms. The van der Waals surface area contributed by atoms with Crippen LogP contribution in [0.1, 0.15) is 5.56 Å². The minimum absolute atomic E-state index is 0.0351. The van der Waals surface area contributed by atoms with Crippen molar-refractivity contribution in [3.05, 3.63) is 29.8 Å².